The zero-order valence-corrected chi connectivity index (χ0v) is 16.3. The summed E-state index contributed by atoms with van der Waals surface area (Å²) in [5.74, 6) is 0.680. The van der Waals surface area contributed by atoms with Gasteiger partial charge in [0.15, 0.2) is 11.5 Å². The van der Waals surface area contributed by atoms with Crippen LogP contribution in [0.3, 0.4) is 0 Å². The molecule has 27 heavy (non-hydrogen) atoms. The van der Waals surface area contributed by atoms with Crippen molar-refractivity contribution >= 4 is 0 Å². The minimum atomic E-state index is 0.169. The quantitative estimate of drug-likeness (QED) is 0.785. The average molecular weight is 370 g/mol. The SMILES string of the molecule is COc1cc(CN2CCN(Cc3ccc(C)cc3)[C@@H](CCO)C2)ccc1O. The van der Waals surface area contributed by atoms with Crippen LogP contribution in [-0.2, 0) is 13.1 Å². The van der Waals surface area contributed by atoms with Crippen LogP contribution in [0.4, 0.5) is 0 Å². The van der Waals surface area contributed by atoms with Crippen molar-refractivity contribution in [3.63, 3.8) is 0 Å². The lowest BCUT2D eigenvalue weighted by Gasteiger charge is -2.41. The van der Waals surface area contributed by atoms with E-state index >= 15 is 0 Å². The van der Waals surface area contributed by atoms with Crippen molar-refractivity contribution in [2.24, 2.45) is 0 Å². The molecule has 1 aliphatic heterocycles. The molecule has 1 saturated heterocycles. The summed E-state index contributed by atoms with van der Waals surface area (Å²) in [5.41, 5.74) is 3.72. The molecule has 1 heterocycles. The number of aliphatic hydroxyl groups excluding tert-OH is 1. The lowest BCUT2D eigenvalue weighted by molar-refractivity contribution is 0.0499. The highest BCUT2D eigenvalue weighted by Gasteiger charge is 2.26. The molecule has 5 nitrogen and oxygen atoms in total. The highest BCUT2D eigenvalue weighted by atomic mass is 16.5. The Hall–Kier alpha value is -2.08. The van der Waals surface area contributed by atoms with Crippen molar-refractivity contribution < 1.29 is 14.9 Å². The first kappa shape index (κ1) is 19.7. The molecule has 5 heteroatoms. The first-order valence-corrected chi connectivity index (χ1v) is 9.57. The van der Waals surface area contributed by atoms with Gasteiger partial charge in [-0.25, -0.2) is 0 Å². The Morgan fingerprint density at radius 1 is 1.04 bits per heavy atom. The molecule has 1 atom stereocenters. The summed E-state index contributed by atoms with van der Waals surface area (Å²) >= 11 is 0. The maximum absolute atomic E-state index is 9.77. The van der Waals surface area contributed by atoms with Gasteiger partial charge < -0.3 is 14.9 Å². The number of aryl methyl sites for hydroxylation is 1. The number of rotatable bonds is 7. The van der Waals surface area contributed by atoms with Gasteiger partial charge in [-0.2, -0.15) is 0 Å². The van der Waals surface area contributed by atoms with Crippen molar-refractivity contribution in [3.8, 4) is 11.5 Å². The van der Waals surface area contributed by atoms with Crippen LogP contribution in [-0.4, -0.2) is 59.4 Å². The van der Waals surface area contributed by atoms with E-state index in [2.05, 4.69) is 41.0 Å². The van der Waals surface area contributed by atoms with Crippen LogP contribution in [0.5, 0.6) is 11.5 Å². The number of aliphatic hydroxyl groups is 1. The fourth-order valence-corrected chi connectivity index (χ4v) is 3.74. The predicted octanol–water partition coefficient (Wildman–Crippen LogP) is 2.78. The van der Waals surface area contributed by atoms with Crippen molar-refractivity contribution in [1.82, 2.24) is 9.80 Å². The molecule has 1 fully saturated rings. The van der Waals surface area contributed by atoms with E-state index in [1.54, 1.807) is 13.2 Å². The van der Waals surface area contributed by atoms with Gasteiger partial charge in [0, 0.05) is 45.4 Å². The van der Waals surface area contributed by atoms with E-state index in [1.807, 2.05) is 12.1 Å². The number of piperazine rings is 1. The molecule has 2 aromatic rings. The Kier molecular flexibility index (Phi) is 6.72. The van der Waals surface area contributed by atoms with E-state index in [0.29, 0.717) is 11.8 Å². The first-order valence-electron chi connectivity index (χ1n) is 9.57. The molecule has 3 rings (SSSR count). The third-order valence-corrected chi connectivity index (χ3v) is 5.31. The van der Waals surface area contributed by atoms with E-state index in [4.69, 9.17) is 4.74 Å². The predicted molar refractivity (Wildman–Crippen MR) is 107 cm³/mol. The number of ether oxygens (including phenoxy) is 1. The molecule has 146 valence electrons. The van der Waals surface area contributed by atoms with Gasteiger partial charge in [0.25, 0.3) is 0 Å². The summed E-state index contributed by atoms with van der Waals surface area (Å²) in [4.78, 5) is 4.90. The fraction of sp³-hybridized carbons (Fsp3) is 0.455. The molecule has 0 spiro atoms. The topological polar surface area (TPSA) is 56.2 Å². The minimum Gasteiger partial charge on any atom is -0.504 e. The van der Waals surface area contributed by atoms with E-state index in [1.165, 1.54) is 11.1 Å². The van der Waals surface area contributed by atoms with Crippen LogP contribution in [0.25, 0.3) is 0 Å². The number of aromatic hydroxyl groups is 1. The molecular formula is C22H30N2O3. The first-order chi connectivity index (χ1) is 13.1. The zero-order valence-electron chi connectivity index (χ0n) is 16.3. The third-order valence-electron chi connectivity index (χ3n) is 5.31. The van der Waals surface area contributed by atoms with Crippen molar-refractivity contribution in [1.29, 1.82) is 0 Å². The normalized spacial score (nSPS) is 18.6. The van der Waals surface area contributed by atoms with Gasteiger partial charge in [0.05, 0.1) is 7.11 Å². The second-order valence-electron chi connectivity index (χ2n) is 7.36. The van der Waals surface area contributed by atoms with E-state index in [-0.39, 0.29) is 12.4 Å². The van der Waals surface area contributed by atoms with Gasteiger partial charge in [0.1, 0.15) is 0 Å². The lowest BCUT2D eigenvalue weighted by atomic mass is 10.1. The smallest absolute Gasteiger partial charge is 0.160 e. The van der Waals surface area contributed by atoms with Crippen LogP contribution in [0.2, 0.25) is 0 Å². The minimum absolute atomic E-state index is 0.169. The van der Waals surface area contributed by atoms with Gasteiger partial charge >= 0.3 is 0 Å². The van der Waals surface area contributed by atoms with Crippen LogP contribution < -0.4 is 4.74 Å². The van der Waals surface area contributed by atoms with Crippen molar-refractivity contribution in [2.75, 3.05) is 33.4 Å². The number of hydrogen-bond acceptors (Lipinski definition) is 5. The maximum Gasteiger partial charge on any atom is 0.160 e. The summed E-state index contributed by atoms with van der Waals surface area (Å²) in [6.07, 6.45) is 0.779. The average Bonchev–Trinajstić information content (AvgIpc) is 2.67. The highest BCUT2D eigenvalue weighted by Crippen LogP contribution is 2.27. The maximum atomic E-state index is 9.77. The summed E-state index contributed by atoms with van der Waals surface area (Å²) < 4.78 is 5.22. The van der Waals surface area contributed by atoms with E-state index in [9.17, 15) is 10.2 Å². The summed E-state index contributed by atoms with van der Waals surface area (Å²) in [7, 11) is 1.57. The standard InChI is InChI=1S/C22H30N2O3/c1-17-3-5-18(6-4-17)15-24-11-10-23(16-20(24)9-12-25)14-19-7-8-21(26)22(13-19)27-2/h3-8,13,20,25-26H,9-12,14-16H2,1-2H3/t20-/m0/s1. The zero-order chi connectivity index (χ0) is 19.2. The molecule has 2 N–H and O–H groups in total. The second kappa shape index (κ2) is 9.22. The summed E-state index contributed by atoms with van der Waals surface area (Å²) in [6.45, 7) is 6.94. The number of phenols is 1. The van der Waals surface area contributed by atoms with Gasteiger partial charge in [-0.1, -0.05) is 35.9 Å². The Bertz CT molecular complexity index is 733. The molecule has 0 saturated carbocycles. The fourth-order valence-electron chi connectivity index (χ4n) is 3.74. The summed E-state index contributed by atoms with van der Waals surface area (Å²) in [6, 6.07) is 14.6. The Balaban J connectivity index is 1.63. The molecule has 0 amide bonds. The largest absolute Gasteiger partial charge is 0.504 e. The van der Waals surface area contributed by atoms with Gasteiger partial charge in [-0.3, -0.25) is 9.80 Å². The Morgan fingerprint density at radius 3 is 2.48 bits per heavy atom. The van der Waals surface area contributed by atoms with Crippen LogP contribution in [0, 0.1) is 6.92 Å². The molecule has 0 aromatic heterocycles. The van der Waals surface area contributed by atoms with Crippen molar-refractivity contribution in [2.45, 2.75) is 32.5 Å². The molecular weight excluding hydrogens is 340 g/mol. The number of methoxy groups -OCH3 is 1. The molecule has 0 aliphatic carbocycles. The van der Waals surface area contributed by atoms with Crippen molar-refractivity contribution in [3.05, 3.63) is 59.2 Å². The molecule has 1 aliphatic rings. The molecule has 0 unspecified atom stereocenters. The van der Waals surface area contributed by atoms with Gasteiger partial charge in [-0.15, -0.1) is 0 Å². The van der Waals surface area contributed by atoms with E-state index < -0.39 is 0 Å². The van der Waals surface area contributed by atoms with Crippen LogP contribution >= 0.6 is 0 Å². The second-order valence-corrected chi connectivity index (χ2v) is 7.36. The number of phenolic OH excluding ortho intramolecular Hbond substituents is 1. The number of benzene rings is 2. The third kappa shape index (κ3) is 5.22. The Labute approximate surface area is 161 Å². The lowest BCUT2D eigenvalue weighted by Crippen LogP contribution is -2.52. The van der Waals surface area contributed by atoms with E-state index in [0.717, 1.165) is 44.7 Å². The van der Waals surface area contributed by atoms with Gasteiger partial charge in [0.2, 0.25) is 0 Å². The molecule has 0 bridgehead atoms. The Morgan fingerprint density at radius 2 is 1.78 bits per heavy atom. The number of nitrogens with zero attached hydrogens (tertiary/aromatic N) is 2. The monoisotopic (exact) mass is 370 g/mol. The highest BCUT2D eigenvalue weighted by molar-refractivity contribution is 5.41. The molecule has 2 aromatic carbocycles. The van der Waals surface area contributed by atoms with Crippen LogP contribution in [0.1, 0.15) is 23.1 Å². The van der Waals surface area contributed by atoms with Crippen LogP contribution in [0.15, 0.2) is 42.5 Å². The number of hydrogen-bond donors (Lipinski definition) is 2. The molecule has 0 radical (unpaired) electrons. The van der Waals surface area contributed by atoms with Gasteiger partial charge in [-0.05, 0) is 36.6 Å². The summed E-state index contributed by atoms with van der Waals surface area (Å²) in [5, 5.41) is 19.3.